The van der Waals surface area contributed by atoms with Gasteiger partial charge in [0.05, 0.1) is 18.5 Å². The number of carboxylic acid groups (broad SMARTS) is 1. The summed E-state index contributed by atoms with van der Waals surface area (Å²) in [4.78, 5) is 10.8. The molecule has 0 aliphatic heterocycles. The normalized spacial score (nSPS) is 12.8. The third-order valence-corrected chi connectivity index (χ3v) is 2.10. The fourth-order valence-electron chi connectivity index (χ4n) is 1.53. The topological polar surface area (TPSA) is 64.3 Å². The average Bonchev–Trinajstić information content (AvgIpc) is 2.47. The fourth-order valence-corrected chi connectivity index (χ4v) is 1.53. The SMILES string of the molecule is COCC(C)c1c(C(=O)O)cnn1C. The van der Waals surface area contributed by atoms with Gasteiger partial charge in [-0.15, -0.1) is 0 Å². The number of carbonyl (C=O) groups is 1. The van der Waals surface area contributed by atoms with Crippen LogP contribution < -0.4 is 0 Å². The van der Waals surface area contributed by atoms with E-state index in [1.165, 1.54) is 6.20 Å². The number of aryl methyl sites for hydroxylation is 1. The number of aromatic carboxylic acids is 1. The highest BCUT2D eigenvalue weighted by molar-refractivity contribution is 5.88. The lowest BCUT2D eigenvalue weighted by Gasteiger charge is -2.11. The maximum Gasteiger partial charge on any atom is 0.339 e. The third-order valence-electron chi connectivity index (χ3n) is 2.10. The van der Waals surface area contributed by atoms with E-state index in [0.717, 1.165) is 0 Å². The number of methoxy groups -OCH3 is 1. The second-order valence-electron chi connectivity index (χ2n) is 3.23. The highest BCUT2D eigenvalue weighted by atomic mass is 16.5. The van der Waals surface area contributed by atoms with E-state index in [1.807, 2.05) is 6.92 Å². The monoisotopic (exact) mass is 198 g/mol. The van der Waals surface area contributed by atoms with Gasteiger partial charge in [-0.05, 0) is 0 Å². The molecule has 0 amide bonds. The van der Waals surface area contributed by atoms with E-state index in [4.69, 9.17) is 9.84 Å². The van der Waals surface area contributed by atoms with Crippen molar-refractivity contribution in [2.24, 2.45) is 7.05 Å². The molecule has 0 saturated heterocycles. The minimum Gasteiger partial charge on any atom is -0.478 e. The van der Waals surface area contributed by atoms with Gasteiger partial charge in [0.2, 0.25) is 0 Å². The molecule has 0 radical (unpaired) electrons. The summed E-state index contributed by atoms with van der Waals surface area (Å²) in [6, 6.07) is 0. The second kappa shape index (κ2) is 4.23. The number of carboxylic acids is 1. The van der Waals surface area contributed by atoms with Crippen LogP contribution in [0, 0.1) is 0 Å². The summed E-state index contributed by atoms with van der Waals surface area (Å²) in [5, 5.41) is 12.8. The molecule has 0 aromatic carbocycles. The summed E-state index contributed by atoms with van der Waals surface area (Å²) >= 11 is 0. The highest BCUT2D eigenvalue weighted by Crippen LogP contribution is 2.19. The Bertz CT molecular complexity index is 333. The summed E-state index contributed by atoms with van der Waals surface area (Å²) in [6.45, 7) is 2.40. The average molecular weight is 198 g/mol. The summed E-state index contributed by atoms with van der Waals surface area (Å²) < 4.78 is 6.56. The van der Waals surface area contributed by atoms with Gasteiger partial charge in [0.15, 0.2) is 0 Å². The van der Waals surface area contributed by atoms with Crippen LogP contribution >= 0.6 is 0 Å². The first kappa shape index (κ1) is 10.7. The number of hydrogen-bond donors (Lipinski definition) is 1. The van der Waals surface area contributed by atoms with Gasteiger partial charge in [0.1, 0.15) is 5.56 Å². The molecule has 0 bridgehead atoms. The standard InChI is InChI=1S/C9H14N2O3/c1-6(5-14-3)8-7(9(12)13)4-10-11(8)2/h4,6H,5H2,1-3H3,(H,12,13). The zero-order valence-electron chi connectivity index (χ0n) is 8.52. The molecule has 1 aromatic heterocycles. The van der Waals surface area contributed by atoms with Crippen LogP contribution in [0.25, 0.3) is 0 Å². The molecular weight excluding hydrogens is 184 g/mol. The van der Waals surface area contributed by atoms with Gasteiger partial charge in [-0.3, -0.25) is 4.68 Å². The molecular formula is C9H14N2O3. The van der Waals surface area contributed by atoms with Crippen LogP contribution in [-0.2, 0) is 11.8 Å². The van der Waals surface area contributed by atoms with Gasteiger partial charge in [-0.25, -0.2) is 4.79 Å². The van der Waals surface area contributed by atoms with E-state index in [-0.39, 0.29) is 11.5 Å². The van der Waals surface area contributed by atoms with Crippen molar-refractivity contribution in [1.82, 2.24) is 9.78 Å². The highest BCUT2D eigenvalue weighted by Gasteiger charge is 2.19. The van der Waals surface area contributed by atoms with E-state index in [2.05, 4.69) is 5.10 Å². The van der Waals surface area contributed by atoms with Gasteiger partial charge in [0.25, 0.3) is 0 Å². The van der Waals surface area contributed by atoms with Gasteiger partial charge >= 0.3 is 5.97 Å². The predicted octanol–water partition coefficient (Wildman–Crippen LogP) is 0.868. The molecule has 5 heteroatoms. The molecule has 5 nitrogen and oxygen atoms in total. The van der Waals surface area contributed by atoms with Crippen LogP contribution in [0.15, 0.2) is 6.20 Å². The Morgan fingerprint density at radius 1 is 1.79 bits per heavy atom. The summed E-state index contributed by atoms with van der Waals surface area (Å²) in [5.41, 5.74) is 0.941. The fraction of sp³-hybridized carbons (Fsp3) is 0.556. The van der Waals surface area contributed by atoms with E-state index >= 15 is 0 Å². The molecule has 0 aliphatic rings. The largest absolute Gasteiger partial charge is 0.478 e. The lowest BCUT2D eigenvalue weighted by molar-refractivity contribution is 0.0694. The summed E-state index contributed by atoms with van der Waals surface area (Å²) in [7, 11) is 3.32. The van der Waals surface area contributed by atoms with E-state index in [0.29, 0.717) is 12.3 Å². The first-order valence-electron chi connectivity index (χ1n) is 4.32. The summed E-state index contributed by atoms with van der Waals surface area (Å²) in [6.07, 6.45) is 1.36. The Hall–Kier alpha value is -1.36. The first-order chi connectivity index (χ1) is 6.57. The van der Waals surface area contributed by atoms with Crippen LogP contribution in [0.5, 0.6) is 0 Å². The quantitative estimate of drug-likeness (QED) is 0.779. The van der Waals surface area contributed by atoms with Crippen LogP contribution in [0.4, 0.5) is 0 Å². The van der Waals surface area contributed by atoms with Crippen LogP contribution in [-0.4, -0.2) is 34.6 Å². The molecule has 1 unspecified atom stereocenters. The molecule has 0 spiro atoms. The Balaban J connectivity index is 3.04. The Morgan fingerprint density at radius 2 is 2.43 bits per heavy atom. The number of aromatic nitrogens is 2. The molecule has 0 aliphatic carbocycles. The minimum atomic E-state index is -0.948. The number of hydrogen-bond acceptors (Lipinski definition) is 3. The maximum atomic E-state index is 10.8. The molecule has 1 rings (SSSR count). The number of rotatable bonds is 4. The van der Waals surface area contributed by atoms with Crippen molar-refractivity contribution in [2.75, 3.05) is 13.7 Å². The van der Waals surface area contributed by atoms with Crippen molar-refractivity contribution in [3.05, 3.63) is 17.5 Å². The van der Waals surface area contributed by atoms with Crippen LogP contribution in [0.3, 0.4) is 0 Å². The van der Waals surface area contributed by atoms with E-state index in [1.54, 1.807) is 18.8 Å². The van der Waals surface area contributed by atoms with Crippen molar-refractivity contribution >= 4 is 5.97 Å². The van der Waals surface area contributed by atoms with Gasteiger partial charge < -0.3 is 9.84 Å². The van der Waals surface area contributed by atoms with Gasteiger partial charge in [0, 0.05) is 20.1 Å². The lowest BCUT2D eigenvalue weighted by atomic mass is 10.1. The molecule has 0 fully saturated rings. The lowest BCUT2D eigenvalue weighted by Crippen LogP contribution is -2.12. The molecule has 1 N–H and O–H groups in total. The first-order valence-corrected chi connectivity index (χ1v) is 4.32. The van der Waals surface area contributed by atoms with Crippen molar-refractivity contribution in [2.45, 2.75) is 12.8 Å². The van der Waals surface area contributed by atoms with Gasteiger partial charge in [-0.1, -0.05) is 6.92 Å². The van der Waals surface area contributed by atoms with Crippen LogP contribution in [0.1, 0.15) is 28.9 Å². The zero-order chi connectivity index (χ0) is 10.7. The molecule has 78 valence electrons. The Labute approximate surface area is 82.3 Å². The van der Waals surface area contributed by atoms with Crippen molar-refractivity contribution in [3.8, 4) is 0 Å². The smallest absolute Gasteiger partial charge is 0.339 e. The van der Waals surface area contributed by atoms with E-state index < -0.39 is 5.97 Å². The number of nitrogens with zero attached hydrogens (tertiary/aromatic N) is 2. The summed E-state index contributed by atoms with van der Waals surface area (Å²) in [5.74, 6) is -0.922. The molecule has 1 heterocycles. The molecule has 1 atom stereocenters. The van der Waals surface area contributed by atoms with Crippen molar-refractivity contribution < 1.29 is 14.6 Å². The molecule has 14 heavy (non-hydrogen) atoms. The minimum absolute atomic E-state index is 0.0265. The van der Waals surface area contributed by atoms with Crippen LogP contribution in [0.2, 0.25) is 0 Å². The van der Waals surface area contributed by atoms with E-state index in [9.17, 15) is 4.79 Å². The zero-order valence-corrected chi connectivity index (χ0v) is 8.52. The Morgan fingerprint density at radius 3 is 2.93 bits per heavy atom. The molecule has 1 aromatic rings. The second-order valence-corrected chi connectivity index (χ2v) is 3.23. The van der Waals surface area contributed by atoms with Gasteiger partial charge in [-0.2, -0.15) is 5.10 Å². The van der Waals surface area contributed by atoms with Crippen molar-refractivity contribution in [1.29, 1.82) is 0 Å². The maximum absolute atomic E-state index is 10.8. The molecule has 0 saturated carbocycles. The van der Waals surface area contributed by atoms with Crippen molar-refractivity contribution in [3.63, 3.8) is 0 Å². The Kier molecular flexibility index (Phi) is 3.24. The number of ether oxygens (including phenoxy) is 1. The predicted molar refractivity (Wildman–Crippen MR) is 50.5 cm³/mol. The third kappa shape index (κ3) is 1.93.